The average molecular weight is 601 g/mol. The lowest BCUT2D eigenvalue weighted by Gasteiger charge is -2.20. The van der Waals surface area contributed by atoms with Crippen LogP contribution in [0, 0.1) is 10.8 Å². The zero-order valence-electron chi connectivity index (χ0n) is 29.0. The van der Waals surface area contributed by atoms with E-state index in [9.17, 15) is 19.2 Å². The normalized spacial score (nSPS) is 14.7. The smallest absolute Gasteiger partial charge is 0.161 e. The van der Waals surface area contributed by atoms with Crippen LogP contribution in [0.2, 0.25) is 0 Å². The first-order valence-electron chi connectivity index (χ1n) is 15.6. The Balaban J connectivity index is 4.88. The minimum absolute atomic E-state index is 0.0745. The van der Waals surface area contributed by atoms with E-state index in [1.54, 1.807) is 26.0 Å². The molecule has 0 heterocycles. The lowest BCUT2D eigenvalue weighted by molar-refractivity contribution is -0.123. The van der Waals surface area contributed by atoms with Crippen molar-refractivity contribution in [3.8, 4) is 0 Å². The van der Waals surface area contributed by atoms with Crippen molar-refractivity contribution in [1.82, 2.24) is 0 Å². The summed E-state index contributed by atoms with van der Waals surface area (Å²) >= 11 is 0. The quantitative estimate of drug-likeness (QED) is 0.103. The molecule has 4 heteroatoms. The zero-order chi connectivity index (χ0) is 33.8. The average Bonchev–Trinajstić information content (AvgIpc) is 2.91. The number of ketones is 4. The lowest BCUT2D eigenvalue weighted by atomic mass is 9.82. The van der Waals surface area contributed by atoms with Gasteiger partial charge in [-0.1, -0.05) is 123 Å². The third kappa shape index (κ3) is 20.3. The summed E-state index contributed by atoms with van der Waals surface area (Å²) in [4.78, 5) is 47.4. The Hall–Kier alpha value is -3.66. The maximum absolute atomic E-state index is 12.6. The number of carbonyl (C=O) groups excluding carboxylic acids is 4. The van der Waals surface area contributed by atoms with Crippen molar-refractivity contribution in [2.24, 2.45) is 10.8 Å². The van der Waals surface area contributed by atoms with Crippen molar-refractivity contribution in [3.63, 3.8) is 0 Å². The van der Waals surface area contributed by atoms with Crippen molar-refractivity contribution < 1.29 is 19.2 Å². The molecule has 0 radical (unpaired) electrons. The van der Waals surface area contributed by atoms with E-state index in [4.69, 9.17) is 0 Å². The minimum Gasteiger partial charge on any atom is -0.300 e. The second kappa shape index (κ2) is 21.1. The van der Waals surface area contributed by atoms with E-state index in [0.717, 1.165) is 35.1 Å². The van der Waals surface area contributed by atoms with Crippen LogP contribution in [0.4, 0.5) is 0 Å². The van der Waals surface area contributed by atoms with Gasteiger partial charge in [-0.05, 0) is 79.4 Å². The summed E-state index contributed by atoms with van der Waals surface area (Å²) < 4.78 is 0. The van der Waals surface area contributed by atoms with E-state index in [1.807, 2.05) is 128 Å². The first kappa shape index (κ1) is 40.3. The molecule has 0 N–H and O–H groups in total. The second-order valence-corrected chi connectivity index (χ2v) is 13.0. The zero-order valence-corrected chi connectivity index (χ0v) is 29.0. The molecule has 0 rings (SSSR count). The molecule has 0 saturated carbocycles. The van der Waals surface area contributed by atoms with Crippen LogP contribution >= 0.6 is 0 Å². The molecular formula is C40H56O4. The van der Waals surface area contributed by atoms with E-state index < -0.39 is 10.8 Å². The predicted octanol–water partition coefficient (Wildman–Crippen LogP) is 10.3. The minimum atomic E-state index is -0.471. The van der Waals surface area contributed by atoms with Crippen molar-refractivity contribution in [1.29, 1.82) is 0 Å². The van der Waals surface area contributed by atoms with Crippen LogP contribution in [0.1, 0.15) is 108 Å². The van der Waals surface area contributed by atoms with Crippen LogP contribution in [0.5, 0.6) is 0 Å². The Morgan fingerprint density at radius 2 is 0.727 bits per heavy atom. The molecule has 0 saturated heterocycles. The summed E-state index contributed by atoms with van der Waals surface area (Å²) in [6.07, 6.45) is 30.8. The van der Waals surface area contributed by atoms with Crippen LogP contribution in [0.15, 0.2) is 107 Å². The van der Waals surface area contributed by atoms with E-state index in [-0.39, 0.29) is 23.1 Å². The van der Waals surface area contributed by atoms with E-state index in [2.05, 4.69) is 0 Å². The molecule has 0 aliphatic heterocycles. The van der Waals surface area contributed by atoms with Crippen LogP contribution in [-0.4, -0.2) is 23.1 Å². The van der Waals surface area contributed by atoms with Gasteiger partial charge in [-0.15, -0.1) is 0 Å². The Kier molecular flexibility index (Phi) is 19.4. The topological polar surface area (TPSA) is 68.3 Å². The van der Waals surface area contributed by atoms with Crippen LogP contribution in [0.3, 0.4) is 0 Å². The molecule has 0 aliphatic carbocycles. The Morgan fingerprint density at radius 1 is 0.432 bits per heavy atom. The Bertz CT molecular complexity index is 1170. The Morgan fingerprint density at radius 3 is 1.05 bits per heavy atom. The molecule has 240 valence electrons. The molecule has 0 spiro atoms. The van der Waals surface area contributed by atoms with Gasteiger partial charge in [0.05, 0.1) is 0 Å². The highest BCUT2D eigenvalue weighted by molar-refractivity contribution is 5.95. The summed E-state index contributed by atoms with van der Waals surface area (Å²) in [6.45, 7) is 18.9. The van der Waals surface area contributed by atoms with Crippen molar-refractivity contribution in [3.05, 3.63) is 107 Å². The highest BCUT2D eigenvalue weighted by atomic mass is 16.1. The molecule has 44 heavy (non-hydrogen) atoms. The largest absolute Gasteiger partial charge is 0.300 e. The van der Waals surface area contributed by atoms with Crippen molar-refractivity contribution in [2.75, 3.05) is 0 Å². The van der Waals surface area contributed by atoms with Gasteiger partial charge < -0.3 is 9.59 Å². The Labute approximate surface area is 267 Å². The standard InChI is InChI=1S/C40H56O4/c1-31(19-13-21-33(3)25-27-37(43)39(7,8)29-15-23-35(5)41)17-11-12-18-32(2)20-14-22-34(4)26-28-38(44)40(9,10)30-16-24-36(6)42/h11-14,17-22,25-28H,15-16,23-24,29-30H2,1-10H3. The fraction of sp³-hybridized carbons (Fsp3) is 0.450. The number of hydrogen-bond acceptors (Lipinski definition) is 4. The number of Topliss-reactive ketones (excluding diaryl/α,β-unsaturated/α-hetero) is 2. The molecule has 0 fully saturated rings. The third-order valence-corrected chi connectivity index (χ3v) is 7.26. The molecule has 0 aliphatic rings. The van der Waals surface area contributed by atoms with Gasteiger partial charge in [0.1, 0.15) is 11.6 Å². The van der Waals surface area contributed by atoms with Crippen LogP contribution in [0.25, 0.3) is 0 Å². The summed E-state index contributed by atoms with van der Waals surface area (Å²) in [6, 6.07) is 0. The molecule has 4 nitrogen and oxygen atoms in total. The van der Waals surface area contributed by atoms with Gasteiger partial charge in [0.15, 0.2) is 11.6 Å². The van der Waals surface area contributed by atoms with Crippen LogP contribution < -0.4 is 0 Å². The predicted molar refractivity (Wildman–Crippen MR) is 187 cm³/mol. The molecular weight excluding hydrogens is 544 g/mol. The number of allylic oxidation sites excluding steroid dienone is 18. The van der Waals surface area contributed by atoms with Crippen LogP contribution in [-0.2, 0) is 19.2 Å². The van der Waals surface area contributed by atoms with Gasteiger partial charge >= 0.3 is 0 Å². The highest BCUT2D eigenvalue weighted by Gasteiger charge is 2.25. The maximum Gasteiger partial charge on any atom is 0.161 e. The van der Waals surface area contributed by atoms with Crippen molar-refractivity contribution in [2.45, 2.75) is 108 Å². The second-order valence-electron chi connectivity index (χ2n) is 13.0. The molecule has 0 aromatic carbocycles. The van der Waals surface area contributed by atoms with Gasteiger partial charge in [0, 0.05) is 23.7 Å². The van der Waals surface area contributed by atoms with Crippen molar-refractivity contribution >= 4 is 23.1 Å². The summed E-state index contributed by atoms with van der Waals surface area (Å²) in [7, 11) is 0. The fourth-order valence-corrected chi connectivity index (χ4v) is 4.01. The van der Waals surface area contributed by atoms with Gasteiger partial charge in [-0.3, -0.25) is 9.59 Å². The third-order valence-electron chi connectivity index (χ3n) is 7.26. The van der Waals surface area contributed by atoms with E-state index in [1.165, 1.54) is 0 Å². The van der Waals surface area contributed by atoms with Gasteiger partial charge in [-0.2, -0.15) is 0 Å². The first-order chi connectivity index (χ1) is 20.5. The molecule has 0 aromatic heterocycles. The summed E-state index contributed by atoms with van der Waals surface area (Å²) in [5.41, 5.74) is 3.22. The SMILES string of the molecule is CC(=O)CCCC(C)(C)C(=O)C=CC(C)=CC=CC(C)=CC=CC=C(C)C=CC=C(C)C=CC(=O)C(C)(C)CCCC(C)=O. The fourth-order valence-electron chi connectivity index (χ4n) is 4.01. The first-order valence-corrected chi connectivity index (χ1v) is 15.6. The molecule has 0 amide bonds. The summed E-state index contributed by atoms with van der Waals surface area (Å²) in [5, 5.41) is 0. The lowest BCUT2D eigenvalue weighted by Crippen LogP contribution is -2.22. The molecule has 0 aromatic rings. The van der Waals surface area contributed by atoms with Gasteiger partial charge in [-0.25, -0.2) is 0 Å². The maximum atomic E-state index is 12.6. The van der Waals surface area contributed by atoms with Gasteiger partial charge in [0.25, 0.3) is 0 Å². The van der Waals surface area contributed by atoms with E-state index >= 15 is 0 Å². The number of rotatable bonds is 20. The number of carbonyl (C=O) groups is 4. The molecule has 0 unspecified atom stereocenters. The summed E-state index contributed by atoms with van der Waals surface area (Å²) in [5.74, 6) is 0.469. The number of hydrogen-bond donors (Lipinski definition) is 0. The van der Waals surface area contributed by atoms with E-state index in [0.29, 0.717) is 25.7 Å². The molecule has 0 bridgehead atoms. The highest BCUT2D eigenvalue weighted by Crippen LogP contribution is 2.26. The monoisotopic (exact) mass is 600 g/mol. The van der Waals surface area contributed by atoms with Gasteiger partial charge in [0.2, 0.25) is 0 Å². The molecule has 0 atom stereocenters.